The van der Waals surface area contributed by atoms with Crippen molar-refractivity contribution in [1.82, 2.24) is 4.90 Å². The molecule has 0 aliphatic carbocycles. The smallest absolute Gasteiger partial charge is 0.253 e. The van der Waals surface area contributed by atoms with Gasteiger partial charge in [-0.05, 0) is 83.7 Å². The molecule has 0 bridgehead atoms. The van der Waals surface area contributed by atoms with E-state index in [0.29, 0.717) is 30.1 Å². The van der Waals surface area contributed by atoms with E-state index in [9.17, 15) is 9.59 Å². The van der Waals surface area contributed by atoms with Crippen LogP contribution in [0.1, 0.15) is 246 Å². The SMILES string of the molecule is C=C(CCCCCCCN(CCCCCCCC(=C)OC(CCCCCCCC)CCCCCCCC)CCNc1c(NC)c(=O)c1=O)OC(CC)CCCCCCCC. The van der Waals surface area contributed by atoms with Crippen LogP contribution in [-0.4, -0.2) is 50.3 Å². The third kappa shape index (κ3) is 29.1. The fourth-order valence-electron chi connectivity index (χ4n) is 8.50. The molecule has 1 aromatic carbocycles. The highest BCUT2D eigenvalue weighted by Crippen LogP contribution is 2.22. The molecule has 0 saturated heterocycles. The first kappa shape index (κ1) is 55.7. The van der Waals surface area contributed by atoms with Gasteiger partial charge in [0.25, 0.3) is 10.9 Å². The summed E-state index contributed by atoms with van der Waals surface area (Å²) < 4.78 is 12.8. The maximum absolute atomic E-state index is 12.1. The average Bonchev–Trinajstić information content (AvgIpc) is 3.24. The Hall–Kier alpha value is -2.28. The quantitative estimate of drug-likeness (QED) is 0.0384. The van der Waals surface area contributed by atoms with E-state index in [4.69, 9.17) is 9.47 Å². The van der Waals surface area contributed by atoms with Crippen molar-refractivity contribution in [3.05, 3.63) is 45.1 Å². The van der Waals surface area contributed by atoms with Gasteiger partial charge in [0.15, 0.2) is 0 Å². The van der Waals surface area contributed by atoms with Gasteiger partial charge in [-0.25, -0.2) is 0 Å². The van der Waals surface area contributed by atoms with Gasteiger partial charge in [0.1, 0.15) is 11.4 Å². The Labute approximate surface area is 371 Å². The van der Waals surface area contributed by atoms with Crippen molar-refractivity contribution in [2.75, 3.05) is 43.9 Å². The number of rotatable bonds is 47. The van der Waals surface area contributed by atoms with E-state index in [1.165, 1.54) is 180 Å². The molecule has 7 heteroatoms. The summed E-state index contributed by atoms with van der Waals surface area (Å²) in [6, 6.07) is 0. The van der Waals surface area contributed by atoms with E-state index in [2.05, 4.69) is 56.4 Å². The molecule has 0 saturated carbocycles. The van der Waals surface area contributed by atoms with E-state index >= 15 is 0 Å². The summed E-state index contributed by atoms with van der Waals surface area (Å²) in [6.45, 7) is 21.4. The number of nitrogens with zero attached hydrogens (tertiary/aromatic N) is 1. The van der Waals surface area contributed by atoms with Gasteiger partial charge in [-0.15, -0.1) is 0 Å². The molecule has 0 aliphatic rings. The first-order valence-corrected chi connectivity index (χ1v) is 26.0. The molecule has 0 amide bonds. The molecule has 0 heterocycles. The number of ether oxygens (including phenoxy) is 2. The maximum Gasteiger partial charge on any atom is 0.253 e. The first-order valence-electron chi connectivity index (χ1n) is 26.0. The van der Waals surface area contributed by atoms with Gasteiger partial charge >= 0.3 is 0 Å². The summed E-state index contributed by atoms with van der Waals surface area (Å²) in [5, 5.41) is 6.12. The molecule has 60 heavy (non-hydrogen) atoms. The number of unbranched alkanes of at least 4 members (excludes halogenated alkanes) is 23. The number of allylic oxidation sites excluding steroid dienone is 2. The fourth-order valence-corrected chi connectivity index (χ4v) is 8.50. The zero-order chi connectivity index (χ0) is 43.9. The topological polar surface area (TPSA) is 79.9 Å². The van der Waals surface area contributed by atoms with Crippen LogP contribution in [0.15, 0.2) is 34.3 Å². The minimum Gasteiger partial charge on any atom is -0.495 e. The molecule has 0 fully saturated rings. The molecule has 1 aromatic rings. The van der Waals surface area contributed by atoms with E-state index in [0.717, 1.165) is 69.7 Å². The summed E-state index contributed by atoms with van der Waals surface area (Å²) in [6.07, 6.45) is 43.2. The van der Waals surface area contributed by atoms with E-state index in [1.807, 2.05) is 0 Å². The summed E-state index contributed by atoms with van der Waals surface area (Å²) >= 11 is 0. The van der Waals surface area contributed by atoms with Crippen LogP contribution in [-0.2, 0) is 9.47 Å². The Kier molecular flexibility index (Phi) is 36.7. The molecular formula is C53H99N3O4. The second kappa shape index (κ2) is 39.6. The molecule has 0 spiro atoms. The van der Waals surface area contributed by atoms with Gasteiger partial charge in [0.2, 0.25) is 0 Å². The van der Waals surface area contributed by atoms with E-state index < -0.39 is 10.9 Å². The normalized spacial score (nSPS) is 12.1. The zero-order valence-corrected chi connectivity index (χ0v) is 40.5. The molecule has 2 N–H and O–H groups in total. The van der Waals surface area contributed by atoms with Crippen LogP contribution >= 0.6 is 0 Å². The van der Waals surface area contributed by atoms with Crippen LogP contribution in [0.3, 0.4) is 0 Å². The molecular weight excluding hydrogens is 743 g/mol. The largest absolute Gasteiger partial charge is 0.495 e. The van der Waals surface area contributed by atoms with Crippen LogP contribution in [0.4, 0.5) is 11.4 Å². The van der Waals surface area contributed by atoms with Crippen molar-refractivity contribution < 1.29 is 9.47 Å². The van der Waals surface area contributed by atoms with Gasteiger partial charge in [-0.1, -0.05) is 176 Å². The highest BCUT2D eigenvalue weighted by atomic mass is 16.5. The van der Waals surface area contributed by atoms with Crippen molar-refractivity contribution in [1.29, 1.82) is 0 Å². The van der Waals surface area contributed by atoms with Crippen LogP contribution in [0.2, 0.25) is 0 Å². The lowest BCUT2D eigenvalue weighted by Crippen LogP contribution is -2.38. The summed E-state index contributed by atoms with van der Waals surface area (Å²) in [5.41, 5.74) is 0.0482. The highest BCUT2D eigenvalue weighted by molar-refractivity contribution is 5.73. The third-order valence-corrected chi connectivity index (χ3v) is 12.5. The van der Waals surface area contributed by atoms with Gasteiger partial charge in [0.05, 0.1) is 23.7 Å². The molecule has 1 unspecified atom stereocenters. The monoisotopic (exact) mass is 842 g/mol. The highest BCUT2D eigenvalue weighted by Gasteiger charge is 2.19. The fraction of sp³-hybridized carbons (Fsp3) is 0.849. The lowest BCUT2D eigenvalue weighted by Gasteiger charge is -2.23. The standard InChI is InChI=1S/C53H99N3O4/c1-8-12-15-18-25-32-39-48(11-4)59-46(5)37-30-23-21-28-35-43-56(45-42-55-51-50(54-7)52(57)53(51)58)44-36-29-22-24-31-38-47(6)60-49(40-33-26-19-16-13-9-2)41-34-27-20-17-14-10-3/h48-49,54-55H,5-6,8-45H2,1-4,7H3. The summed E-state index contributed by atoms with van der Waals surface area (Å²) in [7, 11) is 1.70. The number of hydrogen-bond donors (Lipinski definition) is 2. The van der Waals surface area contributed by atoms with Crippen LogP contribution in [0, 0.1) is 0 Å². The number of nitrogens with one attached hydrogen (secondary N) is 2. The van der Waals surface area contributed by atoms with Gasteiger partial charge in [-0.2, -0.15) is 0 Å². The predicted molar refractivity (Wildman–Crippen MR) is 264 cm³/mol. The molecule has 0 radical (unpaired) electrons. The van der Waals surface area contributed by atoms with Crippen molar-refractivity contribution in [2.24, 2.45) is 0 Å². The molecule has 0 aromatic heterocycles. The number of anilines is 2. The molecule has 1 atom stereocenters. The van der Waals surface area contributed by atoms with Crippen LogP contribution in [0.25, 0.3) is 0 Å². The molecule has 7 nitrogen and oxygen atoms in total. The van der Waals surface area contributed by atoms with Crippen molar-refractivity contribution >= 4 is 11.4 Å². The van der Waals surface area contributed by atoms with Gasteiger partial charge < -0.3 is 25.0 Å². The first-order chi connectivity index (χ1) is 29.3. The second-order valence-electron chi connectivity index (χ2n) is 18.1. The molecule has 0 aliphatic heterocycles. The Bertz CT molecular complexity index is 1210. The van der Waals surface area contributed by atoms with E-state index in [1.54, 1.807) is 7.05 Å². The lowest BCUT2D eigenvalue weighted by atomic mass is 10.0. The molecule has 1 rings (SSSR count). The van der Waals surface area contributed by atoms with Crippen LogP contribution in [0.5, 0.6) is 0 Å². The Balaban J connectivity index is 2.40. The predicted octanol–water partition coefficient (Wildman–Crippen LogP) is 15.2. The Morgan fingerprint density at radius 3 is 1.28 bits per heavy atom. The van der Waals surface area contributed by atoms with Crippen molar-refractivity contribution in [3.8, 4) is 0 Å². The average molecular weight is 842 g/mol. The van der Waals surface area contributed by atoms with Gasteiger partial charge in [-0.3, -0.25) is 9.59 Å². The minimum atomic E-state index is -0.415. The second-order valence-corrected chi connectivity index (χ2v) is 18.1. The van der Waals surface area contributed by atoms with Crippen LogP contribution < -0.4 is 21.5 Å². The summed E-state index contributed by atoms with van der Waals surface area (Å²) in [5.74, 6) is 1.97. The Morgan fingerprint density at radius 2 is 0.850 bits per heavy atom. The molecule has 350 valence electrons. The number of hydrogen-bond acceptors (Lipinski definition) is 7. The third-order valence-electron chi connectivity index (χ3n) is 12.5. The van der Waals surface area contributed by atoms with Crippen molar-refractivity contribution in [2.45, 2.75) is 258 Å². The maximum atomic E-state index is 12.1. The van der Waals surface area contributed by atoms with E-state index in [-0.39, 0.29) is 0 Å². The summed E-state index contributed by atoms with van der Waals surface area (Å²) in [4.78, 5) is 26.5. The van der Waals surface area contributed by atoms with Gasteiger partial charge in [0, 0.05) is 33.0 Å². The minimum absolute atomic E-state index is 0.324. The lowest BCUT2D eigenvalue weighted by molar-refractivity contribution is 0.0895. The zero-order valence-electron chi connectivity index (χ0n) is 40.5. The Morgan fingerprint density at radius 1 is 0.483 bits per heavy atom. The van der Waals surface area contributed by atoms with Crippen molar-refractivity contribution in [3.63, 3.8) is 0 Å².